The van der Waals surface area contributed by atoms with Crippen molar-refractivity contribution in [1.82, 2.24) is 14.6 Å². The van der Waals surface area contributed by atoms with E-state index in [0.717, 1.165) is 0 Å². The van der Waals surface area contributed by atoms with E-state index in [4.69, 9.17) is 23.4 Å². The van der Waals surface area contributed by atoms with Gasteiger partial charge in [0.1, 0.15) is 1.41 Å². The highest BCUT2D eigenvalue weighted by Crippen LogP contribution is 2.21. The zero-order chi connectivity index (χ0) is 29.3. The number of hydrogen-bond acceptors (Lipinski definition) is 3. The van der Waals surface area contributed by atoms with E-state index in [1.165, 1.54) is 0 Å². The van der Waals surface area contributed by atoms with Crippen LogP contribution in [0.4, 0.5) is 0 Å². The van der Waals surface area contributed by atoms with Crippen LogP contribution in [-0.4, -0.2) is 45.8 Å². The quantitative estimate of drug-likeness (QED) is 0.845. The van der Waals surface area contributed by atoms with Gasteiger partial charge in [-0.15, -0.1) is 0 Å². The number of likely N-dealkylation sites (N-methyl/N-ethyl adjacent to an activating group) is 1. The van der Waals surface area contributed by atoms with Crippen LogP contribution in [0.1, 0.15) is 31.7 Å². The van der Waals surface area contributed by atoms with Gasteiger partial charge in [-0.3, -0.25) is 0 Å². The predicted molar refractivity (Wildman–Crippen MR) is 82.2 cm³/mol. The molecule has 0 bridgehead atoms. The molecule has 0 aliphatic heterocycles. The lowest BCUT2D eigenvalue weighted by Gasteiger charge is -2.08. The SMILES string of the molecule is [2H]c1c(C([2H])([2H])S(=O)(=O)N([2H])C([2H])([2H])[2H])c([2H])c2c(CCN(C([2H])([2H])[2H])C([2H])([2H])[2H])c([2H])n([2H])c2c1[2H]. The molecule has 0 amide bonds. The van der Waals surface area contributed by atoms with Gasteiger partial charge in [0.2, 0.25) is 10.0 Å². The van der Waals surface area contributed by atoms with Crippen molar-refractivity contribution in [2.45, 2.75) is 12.1 Å². The number of aromatic nitrogens is 1. The highest BCUT2D eigenvalue weighted by molar-refractivity contribution is 7.88. The van der Waals surface area contributed by atoms with Gasteiger partial charge in [-0.05, 0) is 50.6 Å². The fourth-order valence-electron chi connectivity index (χ4n) is 1.49. The van der Waals surface area contributed by atoms with Gasteiger partial charge >= 0.3 is 0 Å². The molecule has 0 radical (unpaired) electrons. The fraction of sp³-hybridized carbons (Fsp3) is 0.429. The number of sulfonamides is 1. The van der Waals surface area contributed by atoms with Crippen LogP contribution >= 0.6 is 0 Å². The average molecular weight is 313 g/mol. The summed E-state index contributed by atoms with van der Waals surface area (Å²) in [5.74, 6) is 0. The molecule has 1 aromatic heterocycles. The van der Waals surface area contributed by atoms with Gasteiger partial charge in [0.15, 0.2) is 1.41 Å². The van der Waals surface area contributed by atoms with E-state index in [2.05, 4.69) is 0 Å². The molecule has 0 atom stereocenters. The van der Waals surface area contributed by atoms with E-state index in [0.29, 0.717) is 0 Å². The predicted octanol–water partition coefficient (Wildman–Crippen LogP) is 1.32. The molecule has 110 valence electrons. The molecule has 0 saturated heterocycles. The molecule has 1 heterocycles. The normalized spacial score (nSPS) is 27.6. The summed E-state index contributed by atoms with van der Waals surface area (Å²) < 4.78 is 155. The summed E-state index contributed by atoms with van der Waals surface area (Å²) in [5.41, 5.74) is -6.29. The first-order valence-electron chi connectivity index (χ1n) is 13.7. The third-order valence-corrected chi connectivity index (χ3v) is 3.04. The lowest BCUT2D eigenvalue weighted by atomic mass is 10.1. The molecule has 0 aliphatic rings. The molecule has 2 N–H and O–H groups in total. The van der Waals surface area contributed by atoms with Crippen LogP contribution < -0.4 is 4.72 Å². The Labute approximate surface area is 144 Å². The monoisotopic (exact) mass is 312 g/mol. The number of rotatable bonds is 6. The Hall–Kier alpha value is -1.37. The zero-order valence-electron chi connectivity index (χ0n) is 27.0. The second-order valence-electron chi connectivity index (χ2n) is 3.75. The van der Waals surface area contributed by atoms with E-state index in [-0.39, 0.29) is 9.88 Å². The molecular weight excluding hydrogens is 274 g/mol. The Morgan fingerprint density at radius 2 is 2.45 bits per heavy atom. The van der Waals surface area contributed by atoms with Gasteiger partial charge in [0, 0.05) is 38.7 Å². The van der Waals surface area contributed by atoms with E-state index >= 15 is 0 Å². The summed E-state index contributed by atoms with van der Waals surface area (Å²) >= 11 is 0. The molecular formula is C14H21N3O2S. The molecule has 2 rings (SSSR count). The van der Waals surface area contributed by atoms with Crippen molar-refractivity contribution < 1.29 is 31.8 Å². The minimum absolute atomic E-state index is 0.121. The minimum atomic E-state index is -5.77. The standard InChI is InChI=1S/C14H21N3O2S/c1-15-20(18,19)10-11-4-5-14-13(8-11)12(9-16-14)6-7-17(2)3/h4-5,8-9,15-16H,6-7,10H2,1-3H3/i1D3,2D3,3D3,4D,5D,8D,9D,10D2/hD2. The maximum atomic E-state index is 12.7. The molecule has 20 heavy (non-hydrogen) atoms. The first-order valence-corrected chi connectivity index (χ1v) is 6.70. The van der Waals surface area contributed by atoms with Crippen LogP contribution in [0.15, 0.2) is 24.3 Å². The van der Waals surface area contributed by atoms with Crippen molar-refractivity contribution in [2.24, 2.45) is 0 Å². The maximum absolute atomic E-state index is 12.7. The van der Waals surface area contributed by atoms with Gasteiger partial charge in [0.25, 0.3) is 0 Å². The average Bonchev–Trinajstić information content (AvgIpc) is 2.94. The minimum Gasteiger partial charge on any atom is -0.361 e. The highest BCUT2D eigenvalue weighted by atomic mass is 32.2. The van der Waals surface area contributed by atoms with Gasteiger partial charge in [-0.2, -0.15) is 0 Å². The van der Waals surface area contributed by atoms with Crippen molar-refractivity contribution in [3.05, 3.63) is 35.4 Å². The Balaban J connectivity index is 2.88. The van der Waals surface area contributed by atoms with Crippen molar-refractivity contribution in [2.75, 3.05) is 27.5 Å². The zero-order valence-corrected chi connectivity index (χ0v) is 10.8. The summed E-state index contributed by atoms with van der Waals surface area (Å²) in [6.07, 6.45) is -1.40. The van der Waals surface area contributed by atoms with Crippen LogP contribution in [0.3, 0.4) is 0 Å². The smallest absolute Gasteiger partial charge is 0.215 e. The number of benzene rings is 1. The summed E-state index contributed by atoms with van der Waals surface area (Å²) in [5, 5.41) is -0.600. The molecule has 0 saturated carbocycles. The summed E-state index contributed by atoms with van der Waals surface area (Å²) in [7, 11) is -5.77. The van der Waals surface area contributed by atoms with E-state index in [9.17, 15) is 8.42 Å². The molecule has 1 aromatic carbocycles. The van der Waals surface area contributed by atoms with Crippen molar-refractivity contribution >= 4 is 20.9 Å². The lowest BCUT2D eigenvalue weighted by Crippen LogP contribution is -2.20. The summed E-state index contributed by atoms with van der Waals surface area (Å²) in [6, 6.07) is -3.37. The highest BCUT2D eigenvalue weighted by Gasteiger charge is 2.11. The maximum Gasteiger partial charge on any atom is 0.215 e. The largest absolute Gasteiger partial charge is 0.361 e. The molecule has 5 nitrogen and oxygen atoms in total. The summed E-state index contributed by atoms with van der Waals surface area (Å²) in [6.45, 7) is -10.7. The van der Waals surface area contributed by atoms with E-state index in [1.807, 2.05) is 0 Å². The van der Waals surface area contributed by atoms with Gasteiger partial charge in [-0.25, -0.2) is 13.1 Å². The fourth-order valence-corrected chi connectivity index (χ4v) is 1.89. The van der Waals surface area contributed by atoms with Crippen LogP contribution in [0, 0.1) is 0 Å². The summed E-state index contributed by atoms with van der Waals surface area (Å²) in [4.78, 5) is 0.390. The number of fused-ring (bicyclic) bond motifs is 1. The number of hydrogen-bond donors (Lipinski definition) is 2. The molecule has 0 fully saturated rings. The Bertz CT molecular complexity index is 1290. The Morgan fingerprint density at radius 3 is 3.20 bits per heavy atom. The Morgan fingerprint density at radius 1 is 1.60 bits per heavy atom. The second-order valence-corrected chi connectivity index (χ2v) is 5.08. The molecule has 0 spiro atoms. The van der Waals surface area contributed by atoms with Gasteiger partial charge in [0.05, 0.1) is 11.2 Å². The Kier molecular flexibility index (Phi) is 1.28. The van der Waals surface area contributed by atoms with Crippen molar-refractivity contribution in [3.8, 4) is 0 Å². The number of nitrogens with zero attached hydrogens (tertiary/aromatic N) is 1. The van der Waals surface area contributed by atoms with Crippen molar-refractivity contribution in [3.63, 3.8) is 0 Å². The number of nitrogens with one attached hydrogen (secondary N) is 2. The lowest BCUT2D eigenvalue weighted by molar-refractivity contribution is 0.414. The van der Waals surface area contributed by atoms with Gasteiger partial charge in [-0.1, -0.05) is 6.04 Å². The van der Waals surface area contributed by atoms with Gasteiger partial charge < -0.3 is 9.88 Å². The van der Waals surface area contributed by atoms with E-state index in [1.54, 1.807) is 0 Å². The molecule has 0 unspecified atom stereocenters. The second kappa shape index (κ2) is 5.95. The first-order chi connectivity index (χ1) is 16.3. The van der Waals surface area contributed by atoms with Crippen LogP contribution in [0.2, 0.25) is 2.82 Å². The third kappa shape index (κ3) is 3.59. The molecule has 6 heteroatoms. The first kappa shape index (κ1) is 4.32. The van der Waals surface area contributed by atoms with E-state index < -0.39 is 101 Å². The van der Waals surface area contributed by atoms with Crippen LogP contribution in [-0.2, 0) is 22.1 Å². The van der Waals surface area contributed by atoms with Crippen LogP contribution in [0.5, 0.6) is 0 Å². The molecule has 0 aliphatic carbocycles. The molecule has 2 aromatic rings. The number of aromatic amines is 1. The topological polar surface area (TPSA) is 65.2 Å². The number of H-pyrrole nitrogens is 1. The van der Waals surface area contributed by atoms with Crippen molar-refractivity contribution in [1.29, 1.82) is 0 Å². The third-order valence-electron chi connectivity index (χ3n) is 2.33. The van der Waals surface area contributed by atoms with Crippen LogP contribution in [0.25, 0.3) is 10.9 Å².